The summed E-state index contributed by atoms with van der Waals surface area (Å²) in [5.41, 5.74) is 8.05. The summed E-state index contributed by atoms with van der Waals surface area (Å²) in [6, 6.07) is 19.9. The van der Waals surface area contributed by atoms with Crippen LogP contribution in [0.4, 0.5) is 13.2 Å². The largest absolute Gasteiger partial charge is 0.573 e. The Bertz CT molecular complexity index is 1850. The minimum atomic E-state index is -4.74. The summed E-state index contributed by atoms with van der Waals surface area (Å²) in [4.78, 5) is 5.24. The summed E-state index contributed by atoms with van der Waals surface area (Å²) in [7, 11) is 0. The zero-order valence-electron chi connectivity index (χ0n) is 23.1. The Labute approximate surface area is 244 Å². The quantitative estimate of drug-likeness (QED) is 0.195. The zero-order valence-corrected chi connectivity index (χ0v) is 23.9. The number of hydrogen-bond acceptors (Lipinski definition) is 6. The van der Waals surface area contributed by atoms with Crippen molar-refractivity contribution in [3.63, 3.8) is 0 Å². The van der Waals surface area contributed by atoms with Crippen molar-refractivity contribution in [2.75, 3.05) is 0 Å². The molecule has 0 bridgehead atoms. The first-order chi connectivity index (χ1) is 20.2. The van der Waals surface area contributed by atoms with E-state index in [2.05, 4.69) is 69.8 Å². The summed E-state index contributed by atoms with van der Waals surface area (Å²) >= 11 is 1.57. The second kappa shape index (κ2) is 11.1. The lowest BCUT2D eigenvalue weighted by Gasteiger charge is -2.14. The molecule has 1 aliphatic carbocycles. The SMILES string of the molecule is Cc1csc(=NN=C2CCc3cc(-c4ncn(-c5ccc(OC(F)(F)F)cc5)n4)ccc32)n1-c1ccccc1C(C)C. The molecule has 0 saturated carbocycles. The van der Waals surface area contributed by atoms with Gasteiger partial charge in [0.15, 0.2) is 5.82 Å². The molecule has 1 aliphatic rings. The van der Waals surface area contributed by atoms with Crippen molar-refractivity contribution in [2.45, 2.75) is 45.9 Å². The van der Waals surface area contributed by atoms with Crippen molar-refractivity contribution < 1.29 is 17.9 Å². The molecule has 42 heavy (non-hydrogen) atoms. The number of hydrogen-bond donors (Lipinski definition) is 0. The van der Waals surface area contributed by atoms with Gasteiger partial charge in [0, 0.05) is 22.2 Å². The maximum absolute atomic E-state index is 12.5. The molecule has 3 aromatic carbocycles. The Morgan fingerprint density at radius 2 is 1.76 bits per heavy atom. The summed E-state index contributed by atoms with van der Waals surface area (Å²) in [6.07, 6.45) is -1.59. The highest BCUT2D eigenvalue weighted by Crippen LogP contribution is 2.29. The van der Waals surface area contributed by atoms with Crippen LogP contribution in [0.5, 0.6) is 5.75 Å². The average molecular weight is 589 g/mol. The molecule has 0 amide bonds. The molecule has 0 N–H and O–H groups in total. The van der Waals surface area contributed by atoms with Crippen LogP contribution in [0.2, 0.25) is 0 Å². The van der Waals surface area contributed by atoms with Crippen molar-refractivity contribution in [3.05, 3.63) is 106 Å². The monoisotopic (exact) mass is 588 g/mol. The number of alkyl halides is 3. The van der Waals surface area contributed by atoms with Crippen molar-refractivity contribution >= 4 is 17.0 Å². The summed E-state index contributed by atoms with van der Waals surface area (Å²) in [5, 5.41) is 16.0. The Morgan fingerprint density at radius 3 is 2.52 bits per heavy atom. The second-order valence-electron chi connectivity index (χ2n) is 10.3. The number of aromatic nitrogens is 4. The smallest absolute Gasteiger partial charge is 0.406 e. The van der Waals surface area contributed by atoms with E-state index in [0.717, 1.165) is 51.4 Å². The zero-order chi connectivity index (χ0) is 29.4. The molecule has 0 radical (unpaired) electrons. The molecular weight excluding hydrogens is 561 g/mol. The number of halogens is 3. The highest BCUT2D eigenvalue weighted by molar-refractivity contribution is 7.07. The molecule has 7 nitrogen and oxygen atoms in total. The van der Waals surface area contributed by atoms with Gasteiger partial charge in [0.1, 0.15) is 12.1 Å². The fourth-order valence-electron chi connectivity index (χ4n) is 5.07. The summed E-state index contributed by atoms with van der Waals surface area (Å²) in [5.74, 6) is 0.601. The number of ether oxygens (including phenoxy) is 1. The highest BCUT2D eigenvalue weighted by Gasteiger charge is 2.31. The van der Waals surface area contributed by atoms with Crippen molar-refractivity contribution in [2.24, 2.45) is 10.2 Å². The van der Waals surface area contributed by atoms with Gasteiger partial charge in [-0.1, -0.05) is 44.2 Å². The first-order valence-electron chi connectivity index (χ1n) is 13.4. The van der Waals surface area contributed by atoms with E-state index in [1.807, 2.05) is 18.2 Å². The normalized spacial score (nSPS) is 14.6. The molecule has 0 aliphatic heterocycles. The maximum Gasteiger partial charge on any atom is 0.573 e. The molecule has 214 valence electrons. The molecule has 2 heterocycles. The summed E-state index contributed by atoms with van der Waals surface area (Å²) < 4.78 is 45.0. The standard InChI is InChI=1S/C31H27F3N6OS/c1-19(2)25-6-4-5-7-28(25)40-20(3)17-42-30(40)37-36-27-15-9-21-16-22(8-14-26(21)27)29-35-18-39(38-29)23-10-12-24(13-11-23)41-31(32,33)34/h4-8,10-14,16-19H,9,15H2,1-3H3. The second-order valence-corrected chi connectivity index (χ2v) is 11.1. The highest BCUT2D eigenvalue weighted by atomic mass is 32.1. The minimum absolute atomic E-state index is 0.293. The molecule has 6 rings (SSSR count). The van der Waals surface area contributed by atoms with Gasteiger partial charge in [-0.25, -0.2) is 9.67 Å². The Hall–Kier alpha value is -4.51. The minimum Gasteiger partial charge on any atom is -0.406 e. The predicted molar refractivity (Wildman–Crippen MR) is 156 cm³/mol. The van der Waals surface area contributed by atoms with Crippen LogP contribution in [0, 0.1) is 6.92 Å². The topological polar surface area (TPSA) is 69.6 Å². The number of para-hydroxylation sites is 1. The Balaban J connectivity index is 1.25. The van der Waals surface area contributed by atoms with E-state index in [1.54, 1.807) is 11.3 Å². The lowest BCUT2D eigenvalue weighted by molar-refractivity contribution is -0.274. The van der Waals surface area contributed by atoms with E-state index in [1.165, 1.54) is 40.8 Å². The first-order valence-corrected chi connectivity index (χ1v) is 14.3. The first kappa shape index (κ1) is 27.6. The van der Waals surface area contributed by atoms with Gasteiger partial charge in [-0.15, -0.1) is 34.7 Å². The van der Waals surface area contributed by atoms with Gasteiger partial charge in [0.25, 0.3) is 0 Å². The van der Waals surface area contributed by atoms with E-state index in [4.69, 9.17) is 10.2 Å². The van der Waals surface area contributed by atoms with E-state index in [-0.39, 0.29) is 5.75 Å². The molecule has 0 spiro atoms. The van der Waals surface area contributed by atoms with Crippen LogP contribution in [0.1, 0.15) is 48.6 Å². The third-order valence-corrected chi connectivity index (χ3v) is 8.00. The number of fused-ring (bicyclic) bond motifs is 1. The lowest BCUT2D eigenvalue weighted by atomic mass is 10.0. The van der Waals surface area contributed by atoms with Crippen LogP contribution in [-0.2, 0) is 6.42 Å². The van der Waals surface area contributed by atoms with Crippen LogP contribution >= 0.6 is 11.3 Å². The fraction of sp³-hybridized carbons (Fsp3) is 0.226. The van der Waals surface area contributed by atoms with Crippen LogP contribution in [0.25, 0.3) is 22.8 Å². The average Bonchev–Trinajstić information content (AvgIpc) is 3.70. The predicted octanol–water partition coefficient (Wildman–Crippen LogP) is 7.37. The molecule has 0 fully saturated rings. The molecule has 0 saturated heterocycles. The Kier molecular flexibility index (Phi) is 7.28. The van der Waals surface area contributed by atoms with Gasteiger partial charge < -0.3 is 4.74 Å². The number of nitrogens with zero attached hydrogens (tertiary/aromatic N) is 6. The molecule has 11 heteroatoms. The molecule has 0 atom stereocenters. The Morgan fingerprint density at radius 1 is 0.976 bits per heavy atom. The van der Waals surface area contributed by atoms with Gasteiger partial charge >= 0.3 is 6.36 Å². The molecular formula is C31H27F3N6OS. The molecule has 0 unspecified atom stereocenters. The van der Waals surface area contributed by atoms with Crippen LogP contribution in [0.3, 0.4) is 0 Å². The number of benzene rings is 3. The van der Waals surface area contributed by atoms with Crippen LogP contribution in [0.15, 0.2) is 88.6 Å². The molecule has 5 aromatic rings. The molecule has 2 aromatic heterocycles. The fourth-order valence-corrected chi connectivity index (χ4v) is 5.89. The van der Waals surface area contributed by atoms with Gasteiger partial charge in [-0.2, -0.15) is 5.10 Å². The van der Waals surface area contributed by atoms with Gasteiger partial charge in [0.2, 0.25) is 4.80 Å². The third kappa shape index (κ3) is 5.64. The van der Waals surface area contributed by atoms with Gasteiger partial charge in [-0.3, -0.25) is 4.57 Å². The van der Waals surface area contributed by atoms with E-state index < -0.39 is 6.36 Å². The van der Waals surface area contributed by atoms with E-state index in [9.17, 15) is 13.2 Å². The lowest BCUT2D eigenvalue weighted by Crippen LogP contribution is -2.17. The van der Waals surface area contributed by atoms with Gasteiger partial charge in [0.05, 0.1) is 17.1 Å². The van der Waals surface area contributed by atoms with Gasteiger partial charge in [-0.05, 0) is 73.2 Å². The van der Waals surface area contributed by atoms with E-state index >= 15 is 0 Å². The number of aryl methyl sites for hydroxylation is 2. The van der Waals surface area contributed by atoms with Crippen LogP contribution < -0.4 is 9.54 Å². The van der Waals surface area contributed by atoms with Crippen molar-refractivity contribution in [1.82, 2.24) is 19.3 Å². The van der Waals surface area contributed by atoms with Crippen molar-refractivity contribution in [3.8, 4) is 28.5 Å². The third-order valence-electron chi connectivity index (χ3n) is 7.07. The summed E-state index contributed by atoms with van der Waals surface area (Å²) in [6.45, 7) is 6.46. The number of rotatable bonds is 6. The number of thiazole rings is 1. The maximum atomic E-state index is 12.5. The van der Waals surface area contributed by atoms with Crippen molar-refractivity contribution in [1.29, 1.82) is 0 Å². The van der Waals surface area contributed by atoms with E-state index in [0.29, 0.717) is 17.4 Å². The van der Waals surface area contributed by atoms with Crippen LogP contribution in [-0.4, -0.2) is 31.4 Å².